The monoisotopic (exact) mass is 176 g/mol. The minimum atomic E-state index is 0.759. The molecule has 13 heavy (non-hydrogen) atoms. The molecule has 0 aliphatic carbocycles. The van der Waals surface area contributed by atoms with Gasteiger partial charge in [-0.1, -0.05) is 6.07 Å². The van der Waals surface area contributed by atoms with E-state index >= 15 is 0 Å². The third-order valence-electron chi connectivity index (χ3n) is 2.23. The average Bonchev–Trinajstić information content (AvgIpc) is 2.43. The second-order valence-corrected chi connectivity index (χ2v) is 3.05. The van der Waals surface area contributed by atoms with Crippen LogP contribution in [0, 0.1) is 0 Å². The summed E-state index contributed by atoms with van der Waals surface area (Å²) >= 11 is 0. The van der Waals surface area contributed by atoms with Crippen molar-refractivity contribution in [3.63, 3.8) is 0 Å². The lowest BCUT2D eigenvalue weighted by molar-refractivity contribution is 0.420. The summed E-state index contributed by atoms with van der Waals surface area (Å²) in [5, 5.41) is 0.993. The molecule has 0 unspecified atom stereocenters. The fraction of sp³-hybridized carbons (Fsp3) is 0.200. The molecule has 0 saturated carbocycles. The van der Waals surface area contributed by atoms with Crippen molar-refractivity contribution in [2.24, 2.45) is 7.05 Å². The predicted molar refractivity (Wildman–Crippen MR) is 53.9 cm³/mol. The topological polar surface area (TPSA) is 40.2 Å². The number of rotatable bonds is 1. The molecule has 0 spiro atoms. The van der Waals surface area contributed by atoms with Gasteiger partial charge in [0.2, 0.25) is 0 Å². The second-order valence-electron chi connectivity index (χ2n) is 3.05. The first-order valence-electron chi connectivity index (χ1n) is 4.11. The zero-order chi connectivity index (χ0) is 9.42. The van der Waals surface area contributed by atoms with Crippen LogP contribution < -0.4 is 10.5 Å². The summed E-state index contributed by atoms with van der Waals surface area (Å²) in [6.45, 7) is 0. The van der Waals surface area contributed by atoms with E-state index < -0.39 is 0 Å². The number of nitrogens with two attached hydrogens (primary N) is 1. The minimum absolute atomic E-state index is 0.759. The van der Waals surface area contributed by atoms with Crippen molar-refractivity contribution in [1.82, 2.24) is 4.57 Å². The molecule has 0 fully saturated rings. The maximum Gasteiger partial charge on any atom is 0.130 e. The zero-order valence-corrected chi connectivity index (χ0v) is 7.74. The molecule has 2 N–H and O–H groups in total. The molecule has 0 radical (unpaired) electrons. The van der Waals surface area contributed by atoms with E-state index in [1.807, 2.05) is 36.0 Å². The Morgan fingerprint density at radius 2 is 2.15 bits per heavy atom. The van der Waals surface area contributed by atoms with Crippen molar-refractivity contribution in [1.29, 1.82) is 0 Å². The van der Waals surface area contributed by atoms with Crippen LogP contribution in [-0.4, -0.2) is 11.7 Å². The van der Waals surface area contributed by atoms with Gasteiger partial charge in [-0.2, -0.15) is 0 Å². The van der Waals surface area contributed by atoms with Crippen LogP contribution in [0.15, 0.2) is 24.4 Å². The van der Waals surface area contributed by atoms with Crippen molar-refractivity contribution < 1.29 is 4.74 Å². The van der Waals surface area contributed by atoms with Gasteiger partial charge in [-0.3, -0.25) is 0 Å². The number of fused-ring (bicyclic) bond motifs is 1. The third kappa shape index (κ3) is 1.04. The highest BCUT2D eigenvalue weighted by Gasteiger charge is 2.07. The molecular formula is C10H12N2O. The molecule has 0 amide bonds. The molecule has 1 heterocycles. The van der Waals surface area contributed by atoms with Crippen molar-refractivity contribution in [2.75, 3.05) is 12.8 Å². The van der Waals surface area contributed by atoms with Crippen molar-refractivity contribution in [3.8, 4) is 5.75 Å². The summed E-state index contributed by atoms with van der Waals surface area (Å²) in [7, 11) is 3.62. The first kappa shape index (κ1) is 7.98. The first-order chi connectivity index (χ1) is 6.24. The van der Waals surface area contributed by atoms with Crippen LogP contribution in [0.1, 0.15) is 0 Å². The number of ether oxygens (including phenoxy) is 1. The summed E-state index contributed by atoms with van der Waals surface area (Å²) in [6.07, 6.45) is 1.90. The Morgan fingerprint density at radius 1 is 1.38 bits per heavy atom. The van der Waals surface area contributed by atoms with E-state index in [9.17, 15) is 0 Å². The molecule has 68 valence electrons. The van der Waals surface area contributed by atoms with Crippen LogP contribution in [-0.2, 0) is 7.05 Å². The van der Waals surface area contributed by atoms with Gasteiger partial charge in [0.25, 0.3) is 0 Å². The number of benzene rings is 1. The van der Waals surface area contributed by atoms with Gasteiger partial charge in [-0.05, 0) is 12.1 Å². The fourth-order valence-electron chi connectivity index (χ4n) is 1.62. The van der Waals surface area contributed by atoms with Crippen molar-refractivity contribution in [2.45, 2.75) is 0 Å². The quantitative estimate of drug-likeness (QED) is 0.719. The molecule has 0 aliphatic rings. The molecular weight excluding hydrogens is 164 g/mol. The average molecular weight is 176 g/mol. The van der Waals surface area contributed by atoms with Crippen LogP contribution in [0.25, 0.3) is 10.9 Å². The number of nitrogens with zero attached hydrogens (tertiary/aromatic N) is 1. The van der Waals surface area contributed by atoms with Crippen LogP contribution in [0.5, 0.6) is 5.75 Å². The maximum absolute atomic E-state index is 5.85. The van der Waals surface area contributed by atoms with E-state index in [0.717, 1.165) is 22.3 Å². The van der Waals surface area contributed by atoms with E-state index in [0.29, 0.717) is 0 Å². The number of hydrogen-bond acceptors (Lipinski definition) is 2. The van der Waals surface area contributed by atoms with Crippen molar-refractivity contribution >= 4 is 16.6 Å². The van der Waals surface area contributed by atoms with Gasteiger partial charge in [-0.15, -0.1) is 0 Å². The molecule has 0 bridgehead atoms. The normalized spacial score (nSPS) is 10.6. The van der Waals surface area contributed by atoms with E-state index in [2.05, 4.69) is 0 Å². The van der Waals surface area contributed by atoms with E-state index in [1.54, 1.807) is 7.11 Å². The Bertz CT molecular complexity index is 445. The highest BCUT2D eigenvalue weighted by Crippen LogP contribution is 2.31. The van der Waals surface area contributed by atoms with Gasteiger partial charge in [0, 0.05) is 13.2 Å². The molecule has 0 atom stereocenters. The van der Waals surface area contributed by atoms with Crippen LogP contribution in [0.3, 0.4) is 0 Å². The highest BCUT2D eigenvalue weighted by atomic mass is 16.5. The summed E-state index contributed by atoms with van der Waals surface area (Å²) < 4.78 is 7.22. The molecule has 1 aromatic heterocycles. The van der Waals surface area contributed by atoms with Crippen LogP contribution in [0.2, 0.25) is 0 Å². The van der Waals surface area contributed by atoms with E-state index in [1.165, 1.54) is 0 Å². The molecule has 0 saturated heterocycles. The number of nitrogen functional groups attached to an aromatic ring is 1. The Morgan fingerprint density at radius 3 is 2.85 bits per heavy atom. The second kappa shape index (κ2) is 2.69. The van der Waals surface area contributed by atoms with Gasteiger partial charge < -0.3 is 15.0 Å². The summed E-state index contributed by atoms with van der Waals surface area (Å²) in [6, 6.07) is 5.90. The third-order valence-corrected chi connectivity index (χ3v) is 2.23. The highest BCUT2D eigenvalue weighted by molar-refractivity contribution is 5.96. The Labute approximate surface area is 76.7 Å². The molecule has 3 heteroatoms. The van der Waals surface area contributed by atoms with E-state index in [-0.39, 0.29) is 0 Å². The number of aromatic nitrogens is 1. The Balaban J connectivity index is 2.88. The van der Waals surface area contributed by atoms with Crippen LogP contribution in [0.4, 0.5) is 5.69 Å². The number of aryl methyl sites for hydroxylation is 1. The van der Waals surface area contributed by atoms with Crippen molar-refractivity contribution in [3.05, 3.63) is 24.4 Å². The first-order valence-corrected chi connectivity index (χ1v) is 4.11. The molecule has 2 rings (SSSR count). The lowest BCUT2D eigenvalue weighted by Gasteiger charge is -2.02. The number of anilines is 1. The molecule has 2 aromatic rings. The molecule has 1 aromatic carbocycles. The fourth-order valence-corrected chi connectivity index (χ4v) is 1.62. The van der Waals surface area contributed by atoms with Gasteiger partial charge in [0.1, 0.15) is 5.75 Å². The summed E-state index contributed by atoms with van der Waals surface area (Å²) in [4.78, 5) is 0. The minimum Gasteiger partial charge on any atom is -0.496 e. The zero-order valence-electron chi connectivity index (χ0n) is 7.74. The smallest absolute Gasteiger partial charge is 0.130 e. The Hall–Kier alpha value is -1.64. The van der Waals surface area contributed by atoms with Gasteiger partial charge in [0.05, 0.1) is 23.7 Å². The number of hydrogen-bond donors (Lipinski definition) is 1. The standard InChI is InChI=1S/C10H12N2O/c1-12-6-7(11)10-8(12)4-3-5-9(10)13-2/h3-6H,11H2,1-2H3. The number of methoxy groups -OCH3 is 1. The summed E-state index contributed by atoms with van der Waals surface area (Å²) in [5.74, 6) is 0.829. The Kier molecular flexibility index (Phi) is 1.65. The van der Waals surface area contributed by atoms with Gasteiger partial charge in [-0.25, -0.2) is 0 Å². The summed E-state index contributed by atoms with van der Waals surface area (Å²) in [5.41, 5.74) is 7.71. The maximum atomic E-state index is 5.85. The van der Waals surface area contributed by atoms with Gasteiger partial charge >= 0.3 is 0 Å². The lowest BCUT2D eigenvalue weighted by Crippen LogP contribution is -1.87. The van der Waals surface area contributed by atoms with E-state index in [4.69, 9.17) is 10.5 Å². The molecule has 3 nitrogen and oxygen atoms in total. The van der Waals surface area contributed by atoms with Gasteiger partial charge in [0.15, 0.2) is 0 Å². The largest absolute Gasteiger partial charge is 0.496 e. The SMILES string of the molecule is COc1cccc2c1c(N)cn2C. The van der Waals surface area contributed by atoms with Crippen LogP contribution >= 0.6 is 0 Å². The molecule has 0 aliphatic heterocycles. The predicted octanol–water partition coefficient (Wildman–Crippen LogP) is 1.77. The lowest BCUT2D eigenvalue weighted by atomic mass is 10.2.